The molecule has 0 aliphatic carbocycles. The summed E-state index contributed by atoms with van der Waals surface area (Å²) in [7, 11) is 0. The Morgan fingerprint density at radius 1 is 1.11 bits per heavy atom. The normalized spacial score (nSPS) is 10.9. The highest BCUT2D eigenvalue weighted by Gasteiger charge is 2.11. The maximum atomic E-state index is 12.4. The Hall–Kier alpha value is -3.34. The summed E-state index contributed by atoms with van der Waals surface area (Å²) in [5.74, 6) is 1.13. The molecule has 3 aromatic rings. The molecule has 5 nitrogen and oxygen atoms in total. The molecule has 0 saturated carbocycles. The van der Waals surface area contributed by atoms with Crippen LogP contribution in [0.3, 0.4) is 0 Å². The highest BCUT2D eigenvalue weighted by atomic mass is 16.5. The number of para-hydroxylation sites is 1. The van der Waals surface area contributed by atoms with E-state index in [-0.39, 0.29) is 5.56 Å². The van der Waals surface area contributed by atoms with E-state index in [0.717, 1.165) is 22.4 Å². The summed E-state index contributed by atoms with van der Waals surface area (Å²) in [4.78, 5) is 15.3. The number of hydrogen-bond donors (Lipinski definition) is 3. The molecule has 3 rings (SSSR count). The van der Waals surface area contributed by atoms with Crippen molar-refractivity contribution in [2.75, 3.05) is 12.3 Å². The quantitative estimate of drug-likeness (QED) is 0.430. The fourth-order valence-electron chi connectivity index (χ4n) is 2.99. The van der Waals surface area contributed by atoms with Gasteiger partial charge >= 0.3 is 0 Å². The minimum atomic E-state index is -0.198. The molecular weight excluding hydrogens is 350 g/mol. The average molecular weight is 375 g/mol. The van der Waals surface area contributed by atoms with Crippen LogP contribution < -0.4 is 16.0 Å². The number of nitrogen functional groups attached to an aromatic ring is 1. The van der Waals surface area contributed by atoms with E-state index in [1.54, 1.807) is 19.1 Å². The molecule has 0 unspecified atom stereocenters. The van der Waals surface area contributed by atoms with Crippen LogP contribution in [0.25, 0.3) is 22.4 Å². The molecule has 0 saturated heterocycles. The third-order valence-corrected chi connectivity index (χ3v) is 4.38. The number of benzene rings is 2. The van der Waals surface area contributed by atoms with E-state index in [4.69, 9.17) is 15.9 Å². The molecule has 0 spiro atoms. The van der Waals surface area contributed by atoms with Crippen LogP contribution in [-0.2, 0) is 0 Å². The Morgan fingerprint density at radius 2 is 1.86 bits per heavy atom. The molecule has 0 aliphatic heterocycles. The van der Waals surface area contributed by atoms with Crippen LogP contribution in [0.2, 0.25) is 0 Å². The van der Waals surface area contributed by atoms with Crippen LogP contribution in [0.1, 0.15) is 26.3 Å². The average Bonchev–Trinajstić information content (AvgIpc) is 2.66. The van der Waals surface area contributed by atoms with Crippen LogP contribution >= 0.6 is 0 Å². The Labute approximate surface area is 164 Å². The topological polar surface area (TPSA) is 92.0 Å². The van der Waals surface area contributed by atoms with Crippen molar-refractivity contribution in [2.24, 2.45) is 5.92 Å². The van der Waals surface area contributed by atoms with Gasteiger partial charge in [-0.25, -0.2) is 0 Å². The van der Waals surface area contributed by atoms with Crippen LogP contribution in [0.5, 0.6) is 5.75 Å². The van der Waals surface area contributed by atoms with Gasteiger partial charge in [0.2, 0.25) is 5.56 Å². The second-order valence-corrected chi connectivity index (χ2v) is 7.27. The van der Waals surface area contributed by atoms with E-state index in [9.17, 15) is 4.79 Å². The van der Waals surface area contributed by atoms with Gasteiger partial charge < -0.3 is 20.9 Å². The lowest BCUT2D eigenvalue weighted by molar-refractivity contribution is 0.272. The fourth-order valence-corrected chi connectivity index (χ4v) is 2.99. The van der Waals surface area contributed by atoms with Gasteiger partial charge in [0.15, 0.2) is 0 Å². The van der Waals surface area contributed by atoms with E-state index in [1.165, 1.54) is 0 Å². The summed E-state index contributed by atoms with van der Waals surface area (Å²) in [6.07, 6.45) is 0. The van der Waals surface area contributed by atoms with E-state index < -0.39 is 0 Å². The number of aromatic amines is 1. The maximum Gasteiger partial charge on any atom is 0.249 e. The molecule has 0 atom stereocenters. The number of nitrogens with one attached hydrogen (secondary N) is 2. The molecule has 1 heterocycles. The molecule has 1 aromatic heterocycles. The Balaban J connectivity index is 2.08. The zero-order valence-corrected chi connectivity index (χ0v) is 16.4. The number of hydrogen-bond acceptors (Lipinski definition) is 4. The molecule has 144 valence electrons. The number of rotatable bonds is 6. The third kappa shape index (κ3) is 4.31. The molecule has 0 fully saturated rings. The Morgan fingerprint density at radius 3 is 2.57 bits per heavy atom. The highest BCUT2D eigenvalue weighted by molar-refractivity contribution is 6.02. The number of ether oxygens (including phenoxy) is 1. The zero-order chi connectivity index (χ0) is 20.3. The van der Waals surface area contributed by atoms with Gasteiger partial charge in [-0.2, -0.15) is 0 Å². The second kappa shape index (κ2) is 8.13. The number of H-pyrrole nitrogens is 1. The van der Waals surface area contributed by atoms with Gasteiger partial charge in [0.05, 0.1) is 12.3 Å². The van der Waals surface area contributed by atoms with Crippen molar-refractivity contribution in [3.8, 4) is 28.1 Å². The molecule has 5 heteroatoms. The molecule has 0 amide bonds. The van der Waals surface area contributed by atoms with Crippen molar-refractivity contribution in [1.82, 2.24) is 4.98 Å². The van der Waals surface area contributed by atoms with E-state index >= 15 is 0 Å². The summed E-state index contributed by atoms with van der Waals surface area (Å²) < 4.78 is 5.94. The highest BCUT2D eigenvalue weighted by Crippen LogP contribution is 2.31. The van der Waals surface area contributed by atoms with E-state index in [2.05, 4.69) is 18.8 Å². The van der Waals surface area contributed by atoms with Gasteiger partial charge in [0.1, 0.15) is 5.75 Å². The zero-order valence-electron chi connectivity index (χ0n) is 16.4. The smallest absolute Gasteiger partial charge is 0.249 e. The first kappa shape index (κ1) is 19.4. The summed E-state index contributed by atoms with van der Waals surface area (Å²) in [6, 6.07) is 16.6. The first-order valence-electron chi connectivity index (χ1n) is 9.27. The van der Waals surface area contributed by atoms with Crippen LogP contribution in [-0.4, -0.2) is 17.3 Å². The van der Waals surface area contributed by atoms with Crippen molar-refractivity contribution < 1.29 is 4.74 Å². The third-order valence-electron chi connectivity index (χ3n) is 4.38. The fraction of sp³-hybridized carbons (Fsp3) is 0.217. The maximum absolute atomic E-state index is 12.4. The predicted octanol–water partition coefficient (Wildman–Crippen LogP) is 4.71. The van der Waals surface area contributed by atoms with E-state index in [0.29, 0.717) is 35.2 Å². The molecule has 0 bridgehead atoms. The summed E-state index contributed by atoms with van der Waals surface area (Å²) in [5.41, 5.74) is 10.5. The van der Waals surface area contributed by atoms with E-state index in [1.807, 2.05) is 42.5 Å². The first-order valence-corrected chi connectivity index (χ1v) is 9.27. The monoisotopic (exact) mass is 375 g/mol. The molecule has 2 aromatic carbocycles. The lowest BCUT2D eigenvalue weighted by Gasteiger charge is -2.14. The molecule has 28 heavy (non-hydrogen) atoms. The number of pyridine rings is 1. The van der Waals surface area contributed by atoms with Gasteiger partial charge in [0.25, 0.3) is 0 Å². The summed E-state index contributed by atoms with van der Waals surface area (Å²) in [6.45, 7) is 6.48. The lowest BCUT2D eigenvalue weighted by Crippen LogP contribution is -2.08. The van der Waals surface area contributed by atoms with Gasteiger partial charge in [0, 0.05) is 28.6 Å². The van der Waals surface area contributed by atoms with Crippen LogP contribution in [0, 0.1) is 11.3 Å². The number of nitrogens with two attached hydrogens (primary N) is 1. The Kier molecular flexibility index (Phi) is 5.64. The van der Waals surface area contributed by atoms with Gasteiger partial charge in [-0.3, -0.25) is 4.79 Å². The molecule has 0 aliphatic rings. The second-order valence-electron chi connectivity index (χ2n) is 7.27. The Bertz CT molecular complexity index is 1070. The van der Waals surface area contributed by atoms with Crippen molar-refractivity contribution in [1.29, 1.82) is 5.41 Å². The number of aromatic nitrogens is 1. The summed E-state index contributed by atoms with van der Waals surface area (Å²) in [5, 5.41) is 7.90. The minimum absolute atomic E-state index is 0.198. The predicted molar refractivity (Wildman–Crippen MR) is 115 cm³/mol. The lowest BCUT2D eigenvalue weighted by atomic mass is 9.99. The minimum Gasteiger partial charge on any atom is -0.493 e. The van der Waals surface area contributed by atoms with Crippen molar-refractivity contribution in [3.63, 3.8) is 0 Å². The summed E-state index contributed by atoms with van der Waals surface area (Å²) >= 11 is 0. The first-order chi connectivity index (χ1) is 13.3. The van der Waals surface area contributed by atoms with Gasteiger partial charge in [-0.05, 0) is 54.3 Å². The molecular formula is C23H25N3O2. The van der Waals surface area contributed by atoms with Crippen molar-refractivity contribution in [2.45, 2.75) is 20.8 Å². The van der Waals surface area contributed by atoms with Gasteiger partial charge in [-0.1, -0.05) is 32.0 Å². The van der Waals surface area contributed by atoms with Crippen LogP contribution in [0.4, 0.5) is 5.69 Å². The molecule has 0 radical (unpaired) electrons. The SMILES string of the molecule is CC(=N)c1cc(-c2cc(-c3ccccc3OCC(C)C)[nH]c(=O)c2)ccc1N. The number of anilines is 1. The van der Waals surface area contributed by atoms with Gasteiger partial charge in [-0.15, -0.1) is 0 Å². The van der Waals surface area contributed by atoms with Crippen LogP contribution in [0.15, 0.2) is 59.4 Å². The van der Waals surface area contributed by atoms with Crippen molar-refractivity contribution >= 4 is 11.4 Å². The largest absolute Gasteiger partial charge is 0.493 e. The van der Waals surface area contributed by atoms with Crippen molar-refractivity contribution in [3.05, 3.63) is 70.5 Å². The standard InChI is InChI=1S/C23H25N3O2/c1-14(2)13-28-22-7-5-4-6-18(22)21-11-17(12-23(27)26-21)16-8-9-20(25)19(10-16)15(3)24/h4-12,14,24H,13,25H2,1-3H3,(H,26,27). The molecule has 4 N–H and O–H groups in total.